The number of benzene rings is 3. The monoisotopic (exact) mass is 591 g/mol. The highest BCUT2D eigenvalue weighted by Gasteiger charge is 2.16. The molecule has 3 rings (SSSR count). The lowest BCUT2D eigenvalue weighted by atomic mass is 10.2. The number of hydrazone groups is 1. The molecular weight excluding hydrogens is 573 g/mol. The van der Waals surface area contributed by atoms with Crippen LogP contribution in [0.1, 0.15) is 29.3 Å². The van der Waals surface area contributed by atoms with Gasteiger partial charge in [0.25, 0.3) is 0 Å². The molecule has 2 N–H and O–H groups in total. The molecule has 0 unspecified atom stereocenters. The van der Waals surface area contributed by atoms with E-state index in [9.17, 15) is 14.4 Å². The number of rotatable bonds is 8. The number of ether oxygens (including phenoxy) is 2. The largest absolute Gasteiger partial charge is 0.494 e. The predicted molar refractivity (Wildman–Crippen MR) is 142 cm³/mol. The van der Waals surface area contributed by atoms with Crippen molar-refractivity contribution in [2.24, 2.45) is 5.10 Å². The molecule has 0 aliphatic carbocycles. The Morgan fingerprint density at radius 3 is 2.47 bits per heavy atom. The van der Waals surface area contributed by atoms with Crippen LogP contribution in [0.3, 0.4) is 0 Å². The molecular formula is C25H20BrCl2N3O5. The quantitative estimate of drug-likeness (QED) is 0.112. The third-order valence-corrected chi connectivity index (χ3v) is 5.55. The van der Waals surface area contributed by atoms with Crippen LogP contribution in [0.25, 0.3) is 0 Å². The van der Waals surface area contributed by atoms with Crippen LogP contribution in [-0.2, 0) is 9.59 Å². The van der Waals surface area contributed by atoms with Gasteiger partial charge in [0.1, 0.15) is 11.5 Å². The molecule has 11 heteroatoms. The number of amides is 2. The summed E-state index contributed by atoms with van der Waals surface area (Å²) in [5, 5.41) is 6.70. The van der Waals surface area contributed by atoms with Gasteiger partial charge in [0.15, 0.2) is 0 Å². The fraction of sp³-hybridized carbons (Fsp3) is 0.120. The summed E-state index contributed by atoms with van der Waals surface area (Å²) >= 11 is 15.2. The van der Waals surface area contributed by atoms with Gasteiger partial charge in [-0.3, -0.25) is 9.59 Å². The van der Waals surface area contributed by atoms with Gasteiger partial charge in [-0.1, -0.05) is 46.1 Å². The van der Waals surface area contributed by atoms with Gasteiger partial charge in [-0.15, -0.1) is 0 Å². The summed E-state index contributed by atoms with van der Waals surface area (Å²) in [6, 6.07) is 15.9. The molecule has 0 bridgehead atoms. The zero-order valence-electron chi connectivity index (χ0n) is 18.9. The Morgan fingerprint density at radius 2 is 1.75 bits per heavy atom. The molecule has 0 aromatic heterocycles. The van der Waals surface area contributed by atoms with Gasteiger partial charge in [0, 0.05) is 15.1 Å². The van der Waals surface area contributed by atoms with Crippen LogP contribution in [0.15, 0.2) is 70.2 Å². The van der Waals surface area contributed by atoms with Crippen molar-refractivity contribution in [1.82, 2.24) is 5.43 Å². The van der Waals surface area contributed by atoms with Crippen molar-refractivity contribution >= 4 is 68.8 Å². The molecule has 0 aliphatic heterocycles. The highest BCUT2D eigenvalue weighted by atomic mass is 79.9. The van der Waals surface area contributed by atoms with Crippen molar-refractivity contribution in [3.05, 3.63) is 86.3 Å². The molecule has 0 saturated heterocycles. The molecule has 186 valence electrons. The first-order valence-electron chi connectivity index (χ1n) is 10.6. The molecule has 3 aromatic carbocycles. The zero-order valence-corrected chi connectivity index (χ0v) is 22.0. The fourth-order valence-corrected chi connectivity index (χ4v) is 3.48. The SMILES string of the molecule is CCCOc1ccc(C(=O)Oc2ccc(Br)cc2/C=N/NC(=O)C(=O)Nc2cc(Cl)ccc2Cl)cc1. The summed E-state index contributed by atoms with van der Waals surface area (Å²) in [5.74, 6) is -1.77. The maximum absolute atomic E-state index is 12.6. The number of halogens is 3. The van der Waals surface area contributed by atoms with E-state index in [1.807, 2.05) is 6.92 Å². The molecule has 36 heavy (non-hydrogen) atoms. The van der Waals surface area contributed by atoms with Crippen LogP contribution in [0.4, 0.5) is 5.69 Å². The summed E-state index contributed by atoms with van der Waals surface area (Å²) in [6.07, 6.45) is 2.12. The highest BCUT2D eigenvalue weighted by Crippen LogP contribution is 2.25. The first-order chi connectivity index (χ1) is 17.3. The molecule has 0 atom stereocenters. The third-order valence-electron chi connectivity index (χ3n) is 4.49. The molecule has 0 aliphatic rings. The number of nitrogens with one attached hydrogen (secondary N) is 2. The lowest BCUT2D eigenvalue weighted by Gasteiger charge is -2.09. The second-order valence-electron chi connectivity index (χ2n) is 7.22. The second-order valence-corrected chi connectivity index (χ2v) is 8.98. The Bertz CT molecular complexity index is 1300. The summed E-state index contributed by atoms with van der Waals surface area (Å²) in [6.45, 7) is 2.58. The summed E-state index contributed by atoms with van der Waals surface area (Å²) in [5.41, 5.74) is 2.99. The molecule has 0 fully saturated rings. The van der Waals surface area contributed by atoms with Gasteiger partial charge in [-0.25, -0.2) is 10.2 Å². The first-order valence-corrected chi connectivity index (χ1v) is 12.2. The molecule has 0 saturated carbocycles. The van der Waals surface area contributed by atoms with Crippen LogP contribution < -0.4 is 20.2 Å². The molecule has 0 spiro atoms. The molecule has 2 amide bonds. The van der Waals surface area contributed by atoms with E-state index in [1.165, 1.54) is 18.3 Å². The molecule has 3 aromatic rings. The van der Waals surface area contributed by atoms with Gasteiger partial charge in [-0.05, 0) is 67.1 Å². The van der Waals surface area contributed by atoms with Gasteiger partial charge in [0.05, 0.1) is 29.1 Å². The van der Waals surface area contributed by atoms with Crippen LogP contribution >= 0.6 is 39.1 Å². The van der Waals surface area contributed by atoms with E-state index in [4.69, 9.17) is 32.7 Å². The topological polar surface area (TPSA) is 106 Å². The maximum atomic E-state index is 12.6. The van der Waals surface area contributed by atoms with E-state index in [0.717, 1.165) is 6.42 Å². The van der Waals surface area contributed by atoms with E-state index in [2.05, 4.69) is 31.8 Å². The standard InChI is InChI=1S/C25H20BrCl2N3O5/c1-2-11-35-19-7-3-15(4-8-19)25(34)36-22-10-5-17(26)12-16(22)14-29-31-24(33)23(32)30-21-13-18(27)6-9-20(21)28/h3-10,12-14H,2,11H2,1H3,(H,30,32)(H,31,33)/b29-14+. The van der Waals surface area contributed by atoms with Gasteiger partial charge >= 0.3 is 17.8 Å². The van der Waals surface area contributed by atoms with E-state index >= 15 is 0 Å². The second kappa shape index (κ2) is 13.1. The van der Waals surface area contributed by atoms with Crippen molar-refractivity contribution in [2.45, 2.75) is 13.3 Å². The average Bonchev–Trinajstić information content (AvgIpc) is 2.86. The lowest BCUT2D eigenvalue weighted by molar-refractivity contribution is -0.136. The minimum Gasteiger partial charge on any atom is -0.494 e. The number of hydrogen-bond acceptors (Lipinski definition) is 6. The van der Waals surface area contributed by atoms with E-state index in [0.29, 0.717) is 33.0 Å². The lowest BCUT2D eigenvalue weighted by Crippen LogP contribution is -2.32. The summed E-state index contributed by atoms with van der Waals surface area (Å²) in [7, 11) is 0. The van der Waals surface area contributed by atoms with E-state index in [1.54, 1.807) is 48.5 Å². The Hall–Kier alpha value is -3.40. The molecule has 0 heterocycles. The normalized spacial score (nSPS) is 10.7. The zero-order chi connectivity index (χ0) is 26.1. The van der Waals surface area contributed by atoms with Crippen LogP contribution in [0.2, 0.25) is 10.0 Å². The minimum absolute atomic E-state index is 0.180. The molecule has 0 radical (unpaired) electrons. The number of anilines is 1. The van der Waals surface area contributed by atoms with Crippen molar-refractivity contribution < 1.29 is 23.9 Å². The minimum atomic E-state index is -1.04. The fourth-order valence-electron chi connectivity index (χ4n) is 2.76. The predicted octanol–water partition coefficient (Wildman–Crippen LogP) is 5.85. The number of esters is 1. The Kier molecular flexibility index (Phi) is 9.86. The third kappa shape index (κ3) is 7.81. The molecule has 8 nitrogen and oxygen atoms in total. The van der Waals surface area contributed by atoms with Crippen LogP contribution in [0, 0.1) is 0 Å². The number of nitrogens with zero attached hydrogens (tertiary/aromatic N) is 1. The number of carbonyl (C=O) groups excluding carboxylic acids is 3. The van der Waals surface area contributed by atoms with Crippen molar-refractivity contribution in [3.8, 4) is 11.5 Å². The average molecular weight is 593 g/mol. The Labute approximate surface area is 225 Å². The first kappa shape index (κ1) is 27.2. The van der Waals surface area contributed by atoms with E-state index < -0.39 is 17.8 Å². The van der Waals surface area contributed by atoms with Crippen molar-refractivity contribution in [3.63, 3.8) is 0 Å². The van der Waals surface area contributed by atoms with Crippen LogP contribution in [-0.4, -0.2) is 30.6 Å². The maximum Gasteiger partial charge on any atom is 0.343 e. The number of hydrogen-bond donors (Lipinski definition) is 2. The van der Waals surface area contributed by atoms with Crippen molar-refractivity contribution in [2.75, 3.05) is 11.9 Å². The van der Waals surface area contributed by atoms with Gasteiger partial charge < -0.3 is 14.8 Å². The number of carbonyl (C=O) groups is 3. The van der Waals surface area contributed by atoms with E-state index in [-0.39, 0.29) is 16.5 Å². The van der Waals surface area contributed by atoms with Gasteiger partial charge in [-0.2, -0.15) is 5.10 Å². The van der Waals surface area contributed by atoms with Crippen molar-refractivity contribution in [1.29, 1.82) is 0 Å². The smallest absolute Gasteiger partial charge is 0.343 e. The summed E-state index contributed by atoms with van der Waals surface area (Å²) < 4.78 is 11.7. The summed E-state index contributed by atoms with van der Waals surface area (Å²) in [4.78, 5) is 36.9. The highest BCUT2D eigenvalue weighted by molar-refractivity contribution is 9.10. The Morgan fingerprint density at radius 1 is 1.00 bits per heavy atom. The van der Waals surface area contributed by atoms with Gasteiger partial charge in [0.2, 0.25) is 0 Å². The van der Waals surface area contributed by atoms with Crippen LogP contribution in [0.5, 0.6) is 11.5 Å². The Balaban J connectivity index is 1.65.